The van der Waals surface area contributed by atoms with Gasteiger partial charge in [-0.25, -0.2) is 0 Å². The predicted octanol–water partition coefficient (Wildman–Crippen LogP) is 0.985. The predicted molar refractivity (Wildman–Crippen MR) is 63.1 cm³/mol. The van der Waals surface area contributed by atoms with Crippen molar-refractivity contribution in [3.63, 3.8) is 0 Å². The van der Waals surface area contributed by atoms with Crippen molar-refractivity contribution in [3.05, 3.63) is 17.5 Å². The van der Waals surface area contributed by atoms with Crippen LogP contribution < -0.4 is 5.32 Å². The van der Waals surface area contributed by atoms with Gasteiger partial charge in [-0.3, -0.25) is 4.68 Å². The number of nitrogens with zero attached hydrogens (tertiary/aromatic N) is 2. The molecule has 0 saturated heterocycles. The Kier molecular flexibility index (Phi) is 3.61. The highest BCUT2D eigenvalue weighted by atomic mass is 16.3. The number of hydrogen-bond donors (Lipinski definition) is 2. The Morgan fingerprint density at radius 3 is 3.00 bits per heavy atom. The van der Waals surface area contributed by atoms with Crippen LogP contribution in [0.2, 0.25) is 0 Å². The lowest BCUT2D eigenvalue weighted by Gasteiger charge is -2.15. The molecule has 0 spiro atoms. The van der Waals surface area contributed by atoms with E-state index in [1.54, 1.807) is 0 Å². The first-order valence-corrected chi connectivity index (χ1v) is 6.13. The molecule has 4 heteroatoms. The highest BCUT2D eigenvalue weighted by Crippen LogP contribution is 2.19. The SMILES string of the molecule is CCc1nn(C)cc1CNC1CCCC1O. The molecular formula is C12H21N3O. The van der Waals surface area contributed by atoms with Gasteiger partial charge in [-0.05, 0) is 25.7 Å². The molecule has 2 rings (SSSR count). The molecule has 0 aliphatic heterocycles. The Hall–Kier alpha value is -0.870. The molecule has 4 nitrogen and oxygen atoms in total. The van der Waals surface area contributed by atoms with Crippen molar-refractivity contribution in [1.29, 1.82) is 0 Å². The summed E-state index contributed by atoms with van der Waals surface area (Å²) >= 11 is 0. The maximum absolute atomic E-state index is 9.72. The zero-order valence-electron chi connectivity index (χ0n) is 10.1. The summed E-state index contributed by atoms with van der Waals surface area (Å²) in [6, 6.07) is 0.268. The third kappa shape index (κ3) is 2.44. The lowest BCUT2D eigenvalue weighted by atomic mass is 10.1. The van der Waals surface area contributed by atoms with Crippen LogP contribution in [0.4, 0.5) is 0 Å². The third-order valence-electron chi connectivity index (χ3n) is 3.36. The van der Waals surface area contributed by atoms with E-state index in [0.717, 1.165) is 37.9 Å². The fraction of sp³-hybridized carbons (Fsp3) is 0.750. The molecule has 1 aromatic heterocycles. The van der Waals surface area contributed by atoms with E-state index in [1.807, 2.05) is 11.7 Å². The number of nitrogens with one attached hydrogen (secondary N) is 1. The summed E-state index contributed by atoms with van der Waals surface area (Å²) < 4.78 is 1.86. The van der Waals surface area contributed by atoms with Crippen LogP contribution >= 0.6 is 0 Å². The standard InChI is InChI=1S/C12H21N3O/c1-3-10-9(8-15(2)14-10)7-13-11-5-4-6-12(11)16/h8,11-13,16H,3-7H2,1-2H3. The van der Waals surface area contributed by atoms with Crippen molar-refractivity contribution in [2.75, 3.05) is 0 Å². The monoisotopic (exact) mass is 223 g/mol. The van der Waals surface area contributed by atoms with Crippen LogP contribution in [-0.2, 0) is 20.0 Å². The molecule has 1 aliphatic rings. The highest BCUT2D eigenvalue weighted by Gasteiger charge is 2.24. The summed E-state index contributed by atoms with van der Waals surface area (Å²) in [6.45, 7) is 2.94. The zero-order valence-corrected chi connectivity index (χ0v) is 10.1. The molecule has 90 valence electrons. The second-order valence-corrected chi connectivity index (χ2v) is 4.61. The van der Waals surface area contributed by atoms with E-state index in [0.29, 0.717) is 0 Å². The maximum atomic E-state index is 9.72. The number of aliphatic hydroxyl groups excluding tert-OH is 1. The molecule has 2 unspecified atom stereocenters. The van der Waals surface area contributed by atoms with Gasteiger partial charge in [-0.1, -0.05) is 6.92 Å². The van der Waals surface area contributed by atoms with Crippen LogP contribution in [0.5, 0.6) is 0 Å². The molecule has 1 aliphatic carbocycles. The van der Waals surface area contributed by atoms with Gasteiger partial charge in [0, 0.05) is 31.4 Å². The lowest BCUT2D eigenvalue weighted by Crippen LogP contribution is -2.35. The average molecular weight is 223 g/mol. The molecule has 1 heterocycles. The summed E-state index contributed by atoms with van der Waals surface area (Å²) in [5, 5.41) is 17.6. The lowest BCUT2D eigenvalue weighted by molar-refractivity contribution is 0.148. The topological polar surface area (TPSA) is 50.1 Å². The first kappa shape index (κ1) is 11.6. The van der Waals surface area contributed by atoms with E-state index < -0.39 is 0 Å². The van der Waals surface area contributed by atoms with Gasteiger partial charge in [0.1, 0.15) is 0 Å². The first-order valence-electron chi connectivity index (χ1n) is 6.13. The fourth-order valence-corrected chi connectivity index (χ4v) is 2.45. The van der Waals surface area contributed by atoms with E-state index >= 15 is 0 Å². The smallest absolute Gasteiger partial charge is 0.0693 e. The van der Waals surface area contributed by atoms with Crippen molar-refractivity contribution < 1.29 is 5.11 Å². The first-order chi connectivity index (χ1) is 7.70. The molecule has 2 N–H and O–H groups in total. The molecule has 1 aromatic rings. The van der Waals surface area contributed by atoms with Crippen molar-refractivity contribution in [2.24, 2.45) is 7.05 Å². The fourth-order valence-electron chi connectivity index (χ4n) is 2.45. The minimum absolute atomic E-state index is 0.165. The summed E-state index contributed by atoms with van der Waals surface area (Å²) in [4.78, 5) is 0. The third-order valence-corrected chi connectivity index (χ3v) is 3.36. The van der Waals surface area contributed by atoms with E-state index in [-0.39, 0.29) is 12.1 Å². The number of aromatic nitrogens is 2. The Bertz CT molecular complexity index is 348. The minimum Gasteiger partial charge on any atom is -0.392 e. The van der Waals surface area contributed by atoms with Gasteiger partial charge in [0.15, 0.2) is 0 Å². The highest BCUT2D eigenvalue weighted by molar-refractivity contribution is 5.16. The molecule has 0 radical (unpaired) electrons. The Morgan fingerprint density at radius 2 is 2.38 bits per heavy atom. The van der Waals surface area contributed by atoms with Crippen LogP contribution in [0.25, 0.3) is 0 Å². The second kappa shape index (κ2) is 4.97. The van der Waals surface area contributed by atoms with Crippen molar-refractivity contribution in [2.45, 2.75) is 51.3 Å². The molecular weight excluding hydrogens is 202 g/mol. The van der Waals surface area contributed by atoms with Gasteiger partial charge in [0.05, 0.1) is 11.8 Å². The van der Waals surface area contributed by atoms with Gasteiger partial charge in [0.25, 0.3) is 0 Å². The maximum Gasteiger partial charge on any atom is 0.0693 e. The van der Waals surface area contributed by atoms with Crippen molar-refractivity contribution >= 4 is 0 Å². The Balaban J connectivity index is 1.93. The van der Waals surface area contributed by atoms with E-state index in [4.69, 9.17) is 0 Å². The number of rotatable bonds is 4. The largest absolute Gasteiger partial charge is 0.392 e. The van der Waals surface area contributed by atoms with E-state index in [1.165, 1.54) is 5.56 Å². The Morgan fingerprint density at radius 1 is 1.56 bits per heavy atom. The van der Waals surface area contributed by atoms with E-state index in [2.05, 4.69) is 23.5 Å². The Labute approximate surface area is 96.7 Å². The summed E-state index contributed by atoms with van der Waals surface area (Å²) in [5.74, 6) is 0. The van der Waals surface area contributed by atoms with E-state index in [9.17, 15) is 5.11 Å². The second-order valence-electron chi connectivity index (χ2n) is 4.61. The zero-order chi connectivity index (χ0) is 11.5. The molecule has 2 atom stereocenters. The molecule has 0 amide bonds. The van der Waals surface area contributed by atoms with Gasteiger partial charge < -0.3 is 10.4 Å². The van der Waals surface area contributed by atoms with Crippen LogP contribution in [0, 0.1) is 0 Å². The quantitative estimate of drug-likeness (QED) is 0.800. The molecule has 0 aromatic carbocycles. The summed E-state index contributed by atoms with van der Waals surface area (Å²) in [5.41, 5.74) is 2.41. The minimum atomic E-state index is -0.165. The molecule has 16 heavy (non-hydrogen) atoms. The average Bonchev–Trinajstić information content (AvgIpc) is 2.81. The number of hydrogen-bond acceptors (Lipinski definition) is 3. The molecule has 0 bridgehead atoms. The summed E-state index contributed by atoms with van der Waals surface area (Å²) in [6.07, 6.45) is 6.01. The van der Waals surface area contributed by atoms with Gasteiger partial charge in [0.2, 0.25) is 0 Å². The number of aryl methyl sites for hydroxylation is 2. The molecule has 1 saturated carbocycles. The van der Waals surface area contributed by atoms with Crippen molar-refractivity contribution in [1.82, 2.24) is 15.1 Å². The van der Waals surface area contributed by atoms with Gasteiger partial charge >= 0.3 is 0 Å². The van der Waals surface area contributed by atoms with Crippen LogP contribution in [0.3, 0.4) is 0 Å². The van der Waals surface area contributed by atoms with Crippen LogP contribution in [0.1, 0.15) is 37.4 Å². The summed E-state index contributed by atoms with van der Waals surface area (Å²) in [7, 11) is 1.95. The van der Waals surface area contributed by atoms with Crippen LogP contribution in [-0.4, -0.2) is 27.0 Å². The normalized spacial score (nSPS) is 25.2. The van der Waals surface area contributed by atoms with Gasteiger partial charge in [-0.15, -0.1) is 0 Å². The van der Waals surface area contributed by atoms with Crippen LogP contribution in [0.15, 0.2) is 6.20 Å². The van der Waals surface area contributed by atoms with Crippen molar-refractivity contribution in [3.8, 4) is 0 Å². The molecule has 1 fully saturated rings. The number of aliphatic hydroxyl groups is 1. The van der Waals surface area contributed by atoms with Gasteiger partial charge in [-0.2, -0.15) is 5.10 Å².